The molecule has 0 saturated heterocycles. The van der Waals surface area contributed by atoms with Crippen LogP contribution in [0.15, 0.2) is 72.9 Å². The third kappa shape index (κ3) is 52.3. The maximum Gasteiger partial charge on any atom is 0.472 e. The van der Waals surface area contributed by atoms with Crippen LogP contribution < -0.4 is 5.32 Å². The zero-order valence-corrected chi connectivity index (χ0v) is 48.6. The highest BCUT2D eigenvalue weighted by molar-refractivity contribution is 7.47. The Labute approximate surface area is 444 Å². The molecular formula is C62H114N2O7P+. The monoisotopic (exact) mass is 1030 g/mol. The van der Waals surface area contributed by atoms with Crippen molar-refractivity contribution in [1.82, 2.24) is 5.32 Å². The Kier molecular flexibility index (Phi) is 50.1. The summed E-state index contributed by atoms with van der Waals surface area (Å²) in [6.45, 7) is 6.93. The molecule has 0 saturated carbocycles. The summed E-state index contributed by atoms with van der Waals surface area (Å²) in [4.78, 5) is 37.6. The predicted molar refractivity (Wildman–Crippen MR) is 309 cm³/mol. The zero-order valence-electron chi connectivity index (χ0n) is 47.7. The largest absolute Gasteiger partial charge is 0.472 e. The van der Waals surface area contributed by atoms with Gasteiger partial charge < -0.3 is 19.4 Å². The summed E-state index contributed by atoms with van der Waals surface area (Å²) in [6.07, 6.45) is 66.0. The maximum atomic E-state index is 13.5. The van der Waals surface area contributed by atoms with Gasteiger partial charge in [0.05, 0.1) is 33.8 Å². The number of phosphoric ester groups is 1. The third-order valence-electron chi connectivity index (χ3n) is 12.9. The van der Waals surface area contributed by atoms with Gasteiger partial charge in [0.15, 0.2) is 0 Å². The van der Waals surface area contributed by atoms with Crippen LogP contribution in [0.2, 0.25) is 0 Å². The van der Waals surface area contributed by atoms with Gasteiger partial charge >= 0.3 is 13.8 Å². The van der Waals surface area contributed by atoms with Crippen LogP contribution in [0.4, 0.5) is 0 Å². The molecule has 10 heteroatoms. The number of allylic oxidation sites excluding steroid dienone is 11. The predicted octanol–water partition coefficient (Wildman–Crippen LogP) is 18.1. The summed E-state index contributed by atoms with van der Waals surface area (Å²) < 4.78 is 30.6. The van der Waals surface area contributed by atoms with Gasteiger partial charge in [-0.3, -0.25) is 18.6 Å². The molecule has 0 aromatic heterocycles. The van der Waals surface area contributed by atoms with E-state index in [1.165, 1.54) is 122 Å². The topological polar surface area (TPSA) is 111 Å². The lowest BCUT2D eigenvalue weighted by Crippen LogP contribution is -2.47. The summed E-state index contributed by atoms with van der Waals surface area (Å²) in [6, 6.07) is -0.862. The molecule has 0 aromatic carbocycles. The molecule has 0 fully saturated rings. The first-order valence-corrected chi connectivity index (χ1v) is 31.3. The number of likely N-dealkylation sites (N-methyl/N-ethyl adjacent to an activating group) is 1. The second-order valence-electron chi connectivity index (χ2n) is 21.2. The van der Waals surface area contributed by atoms with Crippen molar-refractivity contribution in [3.8, 4) is 0 Å². The molecule has 0 heterocycles. The van der Waals surface area contributed by atoms with E-state index in [1.54, 1.807) is 0 Å². The normalized spacial score (nSPS) is 14.3. The molecule has 1 amide bonds. The third-order valence-corrected chi connectivity index (χ3v) is 13.9. The Morgan fingerprint density at radius 2 is 0.889 bits per heavy atom. The van der Waals surface area contributed by atoms with Gasteiger partial charge in [-0.2, -0.15) is 0 Å². The van der Waals surface area contributed by atoms with Crippen molar-refractivity contribution in [2.45, 2.75) is 270 Å². The number of unbranched alkanes of at least 4 members (excludes halogenated alkanes) is 28. The van der Waals surface area contributed by atoms with E-state index in [0.717, 1.165) is 103 Å². The van der Waals surface area contributed by atoms with Crippen molar-refractivity contribution in [1.29, 1.82) is 0 Å². The lowest BCUT2D eigenvalue weighted by atomic mass is 10.0. The molecular weight excluding hydrogens is 916 g/mol. The van der Waals surface area contributed by atoms with Gasteiger partial charge in [0, 0.05) is 12.8 Å². The highest BCUT2D eigenvalue weighted by atomic mass is 31.2. The summed E-state index contributed by atoms with van der Waals surface area (Å²) in [7, 11) is 1.47. The number of carbonyl (C=O) groups excluding carboxylic acids is 2. The first-order valence-electron chi connectivity index (χ1n) is 29.8. The molecule has 0 aliphatic heterocycles. The number of phosphoric acid groups is 1. The van der Waals surface area contributed by atoms with Crippen molar-refractivity contribution in [3.05, 3.63) is 72.9 Å². The van der Waals surface area contributed by atoms with Crippen LogP contribution in [0.1, 0.15) is 258 Å². The number of quaternary nitrogens is 1. The van der Waals surface area contributed by atoms with Gasteiger partial charge in [0.2, 0.25) is 5.91 Å². The molecule has 0 radical (unpaired) electrons. The molecule has 3 atom stereocenters. The van der Waals surface area contributed by atoms with Crippen LogP contribution in [-0.4, -0.2) is 74.3 Å². The van der Waals surface area contributed by atoms with Crippen molar-refractivity contribution in [2.75, 3.05) is 40.9 Å². The molecule has 72 heavy (non-hydrogen) atoms. The molecule has 0 rings (SSSR count). The lowest BCUT2D eigenvalue weighted by Gasteiger charge is -2.27. The number of hydrogen-bond acceptors (Lipinski definition) is 6. The average molecular weight is 1030 g/mol. The van der Waals surface area contributed by atoms with E-state index >= 15 is 0 Å². The van der Waals surface area contributed by atoms with E-state index < -0.39 is 20.0 Å². The molecule has 0 aliphatic carbocycles. The van der Waals surface area contributed by atoms with Gasteiger partial charge in [0.25, 0.3) is 0 Å². The Morgan fingerprint density at radius 1 is 0.500 bits per heavy atom. The lowest BCUT2D eigenvalue weighted by molar-refractivity contribution is -0.870. The number of nitrogens with one attached hydrogen (secondary N) is 1. The van der Waals surface area contributed by atoms with E-state index in [2.05, 4.69) is 86.8 Å². The number of rotatable bonds is 53. The number of hydrogen-bond donors (Lipinski definition) is 2. The van der Waals surface area contributed by atoms with Crippen LogP contribution in [0.5, 0.6) is 0 Å². The molecule has 0 bridgehead atoms. The number of nitrogens with zero attached hydrogens (tertiary/aromatic N) is 1. The average Bonchev–Trinajstić information content (AvgIpc) is 3.34. The minimum Gasteiger partial charge on any atom is -0.456 e. The SMILES string of the molecule is CCCCC/C=C\C/C=C\C/C=C\CCCCCCCCC(=O)NC(COP(=O)(O)OCC[N+](C)(C)C)C(/C=C\CCCCCCCCCCCC)OC(=O)CCCCCCCC/C=C/C=C/CCCCC. The van der Waals surface area contributed by atoms with Crippen LogP contribution in [0, 0.1) is 0 Å². The van der Waals surface area contributed by atoms with Crippen LogP contribution in [0.25, 0.3) is 0 Å². The molecule has 2 N–H and O–H groups in total. The van der Waals surface area contributed by atoms with Gasteiger partial charge in [-0.1, -0.05) is 222 Å². The first-order chi connectivity index (χ1) is 34.9. The smallest absolute Gasteiger partial charge is 0.456 e. The molecule has 0 spiro atoms. The summed E-state index contributed by atoms with van der Waals surface area (Å²) in [5, 5.41) is 3.04. The molecule has 3 unspecified atom stereocenters. The van der Waals surface area contributed by atoms with Gasteiger partial charge in [-0.25, -0.2) is 4.57 Å². The summed E-state index contributed by atoms with van der Waals surface area (Å²) in [5.41, 5.74) is 0. The van der Waals surface area contributed by atoms with E-state index in [0.29, 0.717) is 17.4 Å². The minimum atomic E-state index is -4.45. The Balaban J connectivity index is 5.35. The van der Waals surface area contributed by atoms with Crippen LogP contribution >= 0.6 is 7.82 Å². The Morgan fingerprint density at radius 3 is 1.38 bits per heavy atom. The number of esters is 1. The number of amides is 1. The highest BCUT2D eigenvalue weighted by Gasteiger charge is 2.30. The second kappa shape index (κ2) is 51.9. The van der Waals surface area contributed by atoms with Crippen LogP contribution in [0.3, 0.4) is 0 Å². The van der Waals surface area contributed by atoms with E-state index in [1.807, 2.05) is 33.3 Å². The zero-order chi connectivity index (χ0) is 52.9. The van der Waals surface area contributed by atoms with Crippen molar-refractivity contribution in [2.24, 2.45) is 0 Å². The molecule has 0 aliphatic rings. The quantitative estimate of drug-likeness (QED) is 0.0156. The fourth-order valence-corrected chi connectivity index (χ4v) is 8.97. The molecule has 9 nitrogen and oxygen atoms in total. The van der Waals surface area contributed by atoms with Crippen molar-refractivity contribution >= 4 is 19.7 Å². The fraction of sp³-hybridized carbons (Fsp3) is 0.774. The number of ether oxygens (including phenoxy) is 1. The van der Waals surface area contributed by atoms with E-state index in [-0.39, 0.29) is 31.5 Å². The van der Waals surface area contributed by atoms with E-state index in [9.17, 15) is 19.0 Å². The standard InChI is InChI=1S/C62H113N2O7P/c1-7-10-13-16-19-22-25-28-30-31-32-33-35-36-39-42-45-48-51-54-61(65)63-59(58-70-72(67,68)69-57-56-64(4,5)6)60(53-50-47-44-41-38-27-24-21-18-15-12-9-3)71-62(66)55-52-49-46-43-40-37-34-29-26-23-20-17-14-11-8-2/h19-20,22-23,26,28-30,32-33,50,53,59-60H,7-18,21,24-25,27,31,34-49,51-52,54-58H2,1-6H3,(H-,63,65,67,68)/p+1/b22-19-,23-20+,29-26+,30-28-,33-32-,53-50-. The first kappa shape index (κ1) is 69.5. The van der Waals surface area contributed by atoms with Gasteiger partial charge in [-0.05, 0) is 96.0 Å². The van der Waals surface area contributed by atoms with Crippen LogP contribution in [-0.2, 0) is 27.9 Å². The summed E-state index contributed by atoms with van der Waals surface area (Å²) >= 11 is 0. The highest BCUT2D eigenvalue weighted by Crippen LogP contribution is 2.43. The second-order valence-corrected chi connectivity index (χ2v) is 22.6. The van der Waals surface area contributed by atoms with Gasteiger partial charge in [-0.15, -0.1) is 0 Å². The minimum absolute atomic E-state index is 0.0330. The van der Waals surface area contributed by atoms with Gasteiger partial charge in [0.1, 0.15) is 19.3 Å². The maximum absolute atomic E-state index is 13.5. The Hall–Kier alpha value is -2.55. The summed E-state index contributed by atoms with van der Waals surface area (Å²) in [5.74, 6) is -0.533. The van der Waals surface area contributed by atoms with Crippen molar-refractivity contribution < 1.29 is 37.3 Å². The molecule has 418 valence electrons. The van der Waals surface area contributed by atoms with E-state index in [4.69, 9.17) is 13.8 Å². The Bertz CT molecular complexity index is 1460. The fourth-order valence-electron chi connectivity index (χ4n) is 8.23. The molecule has 0 aromatic rings. The number of carbonyl (C=O) groups is 2. The van der Waals surface area contributed by atoms with Crippen molar-refractivity contribution in [3.63, 3.8) is 0 Å².